The third-order valence-electron chi connectivity index (χ3n) is 7.16. The number of carbonyl (C=O) groups excluding carboxylic acids is 2. The lowest BCUT2D eigenvalue weighted by atomic mass is 9.71. The van der Waals surface area contributed by atoms with Crippen LogP contribution in [0, 0.1) is 11.3 Å². The highest BCUT2D eigenvalue weighted by molar-refractivity contribution is 5.94. The molecule has 0 heterocycles. The van der Waals surface area contributed by atoms with Gasteiger partial charge in [-0.2, -0.15) is 0 Å². The van der Waals surface area contributed by atoms with Gasteiger partial charge in [-0.3, -0.25) is 9.59 Å². The predicted octanol–water partition coefficient (Wildman–Crippen LogP) is 5.54. The van der Waals surface area contributed by atoms with E-state index in [9.17, 15) is 14.4 Å². The molecule has 3 N–H and O–H groups in total. The van der Waals surface area contributed by atoms with Crippen LogP contribution in [0.2, 0.25) is 0 Å². The molecule has 2 aromatic rings. The number of carboxylic acid groups (broad SMARTS) is 1. The second-order valence-electron chi connectivity index (χ2n) is 10.8. The van der Waals surface area contributed by atoms with Crippen molar-refractivity contribution in [2.75, 3.05) is 19.0 Å². The van der Waals surface area contributed by atoms with Gasteiger partial charge in [0.05, 0.1) is 13.5 Å². The SMILES string of the molecule is COc1ccc(NC(=O)N(Cc2ccc(C(=O)NCCC(=O)O)cc2)C2CCC(C(C)(C)C)CC2)cc1. The Bertz CT molecular complexity index is 1050. The summed E-state index contributed by atoms with van der Waals surface area (Å²) in [5.74, 6) is 0.0826. The highest BCUT2D eigenvalue weighted by Crippen LogP contribution is 2.39. The second kappa shape index (κ2) is 12.6. The Kier molecular flexibility index (Phi) is 9.55. The summed E-state index contributed by atoms with van der Waals surface area (Å²) in [4.78, 5) is 38.3. The number of ether oxygens (including phenoxy) is 1. The molecule has 8 heteroatoms. The zero-order valence-corrected chi connectivity index (χ0v) is 22.3. The van der Waals surface area contributed by atoms with Crippen molar-refractivity contribution in [2.45, 2.75) is 65.5 Å². The molecule has 0 spiro atoms. The summed E-state index contributed by atoms with van der Waals surface area (Å²) in [6, 6.07) is 14.4. The van der Waals surface area contributed by atoms with E-state index in [1.54, 1.807) is 19.2 Å². The van der Waals surface area contributed by atoms with E-state index in [1.807, 2.05) is 41.3 Å². The molecule has 0 unspecified atom stereocenters. The van der Waals surface area contributed by atoms with E-state index < -0.39 is 5.97 Å². The third kappa shape index (κ3) is 8.23. The van der Waals surface area contributed by atoms with Gasteiger partial charge in [-0.05, 0) is 79.0 Å². The van der Waals surface area contributed by atoms with E-state index in [2.05, 4.69) is 31.4 Å². The average molecular weight is 510 g/mol. The molecule has 0 aromatic heterocycles. The topological polar surface area (TPSA) is 108 Å². The summed E-state index contributed by atoms with van der Waals surface area (Å²) in [5.41, 5.74) is 2.33. The molecule has 3 rings (SSSR count). The molecule has 0 saturated heterocycles. The number of nitrogens with one attached hydrogen (secondary N) is 2. The van der Waals surface area contributed by atoms with Gasteiger partial charge in [-0.1, -0.05) is 32.9 Å². The first-order valence-electron chi connectivity index (χ1n) is 12.9. The van der Waals surface area contributed by atoms with Gasteiger partial charge >= 0.3 is 12.0 Å². The lowest BCUT2D eigenvalue weighted by Crippen LogP contribution is -2.45. The lowest BCUT2D eigenvalue weighted by molar-refractivity contribution is -0.136. The molecule has 0 atom stereocenters. The number of aliphatic carboxylic acids is 1. The second-order valence-corrected chi connectivity index (χ2v) is 10.8. The zero-order chi connectivity index (χ0) is 27.0. The van der Waals surface area contributed by atoms with Crippen molar-refractivity contribution < 1.29 is 24.2 Å². The summed E-state index contributed by atoms with van der Waals surface area (Å²) in [6.07, 6.45) is 3.93. The third-order valence-corrected chi connectivity index (χ3v) is 7.16. The van der Waals surface area contributed by atoms with Crippen LogP contribution in [0.5, 0.6) is 5.75 Å². The summed E-state index contributed by atoms with van der Waals surface area (Å²) in [5, 5.41) is 14.4. The first-order chi connectivity index (χ1) is 17.6. The fourth-order valence-electron chi connectivity index (χ4n) is 4.83. The molecule has 1 fully saturated rings. The van der Waals surface area contributed by atoms with Crippen LogP contribution in [0.3, 0.4) is 0 Å². The number of benzene rings is 2. The number of urea groups is 1. The van der Waals surface area contributed by atoms with Gasteiger partial charge in [0.1, 0.15) is 5.75 Å². The molecule has 0 bridgehead atoms. The fourth-order valence-corrected chi connectivity index (χ4v) is 4.83. The predicted molar refractivity (Wildman–Crippen MR) is 144 cm³/mol. The molecule has 8 nitrogen and oxygen atoms in total. The molecule has 0 radical (unpaired) electrons. The Labute approximate surface area is 219 Å². The molecule has 0 aliphatic heterocycles. The minimum absolute atomic E-state index is 0.0759. The Balaban J connectivity index is 1.71. The zero-order valence-electron chi connectivity index (χ0n) is 22.3. The Hall–Kier alpha value is -3.55. The van der Waals surface area contributed by atoms with Crippen LogP contribution in [0.25, 0.3) is 0 Å². The maximum atomic E-state index is 13.5. The van der Waals surface area contributed by atoms with Crippen molar-refractivity contribution in [3.63, 3.8) is 0 Å². The van der Waals surface area contributed by atoms with Gasteiger partial charge < -0.3 is 25.4 Å². The number of carbonyl (C=O) groups is 3. The molecule has 1 saturated carbocycles. The van der Waals surface area contributed by atoms with Crippen LogP contribution < -0.4 is 15.4 Å². The van der Waals surface area contributed by atoms with Crippen LogP contribution >= 0.6 is 0 Å². The molecule has 3 amide bonds. The van der Waals surface area contributed by atoms with Crippen LogP contribution in [-0.4, -0.2) is 47.6 Å². The van der Waals surface area contributed by atoms with Gasteiger partial charge in [-0.15, -0.1) is 0 Å². The van der Waals surface area contributed by atoms with E-state index in [0.717, 1.165) is 37.0 Å². The molecule has 200 valence electrons. The van der Waals surface area contributed by atoms with E-state index >= 15 is 0 Å². The normalized spacial score (nSPS) is 17.5. The van der Waals surface area contributed by atoms with E-state index in [0.29, 0.717) is 23.7 Å². The smallest absolute Gasteiger partial charge is 0.322 e. The molecule has 2 aromatic carbocycles. The van der Waals surface area contributed by atoms with Gasteiger partial charge in [0.25, 0.3) is 5.91 Å². The van der Waals surface area contributed by atoms with Gasteiger partial charge in [0, 0.05) is 30.4 Å². The number of rotatable bonds is 9. The van der Waals surface area contributed by atoms with E-state index in [-0.39, 0.29) is 36.4 Å². The van der Waals surface area contributed by atoms with Crippen LogP contribution in [0.1, 0.15) is 68.8 Å². The number of methoxy groups -OCH3 is 1. The fraction of sp³-hybridized carbons (Fsp3) is 0.483. The van der Waals surface area contributed by atoms with Gasteiger partial charge in [-0.25, -0.2) is 4.79 Å². The van der Waals surface area contributed by atoms with Crippen LogP contribution in [0.15, 0.2) is 48.5 Å². The number of nitrogens with zero attached hydrogens (tertiary/aromatic N) is 1. The van der Waals surface area contributed by atoms with E-state index in [1.165, 1.54) is 0 Å². The largest absolute Gasteiger partial charge is 0.497 e. The Morgan fingerprint density at radius 1 is 0.973 bits per heavy atom. The molecule has 1 aliphatic rings. The first kappa shape index (κ1) is 28.0. The highest BCUT2D eigenvalue weighted by atomic mass is 16.5. The van der Waals surface area contributed by atoms with Crippen LogP contribution in [0.4, 0.5) is 10.5 Å². The summed E-state index contributed by atoms with van der Waals surface area (Å²) < 4.78 is 5.21. The Morgan fingerprint density at radius 2 is 1.59 bits per heavy atom. The minimum atomic E-state index is -0.958. The van der Waals surface area contributed by atoms with Gasteiger partial charge in [0.15, 0.2) is 0 Å². The number of carboxylic acids is 1. The molecular formula is C29H39N3O5. The van der Waals surface area contributed by atoms with Crippen molar-refractivity contribution in [1.82, 2.24) is 10.2 Å². The standard InChI is InChI=1S/C29H39N3O5/c1-29(2,3)22-9-13-24(14-10-22)32(28(36)31-23-11-15-25(37-4)16-12-23)19-20-5-7-21(8-6-20)27(35)30-18-17-26(33)34/h5-8,11-12,15-16,22,24H,9-10,13-14,17-19H2,1-4H3,(H,30,35)(H,31,36)(H,33,34). The maximum absolute atomic E-state index is 13.5. The van der Waals surface area contributed by atoms with Crippen LogP contribution in [-0.2, 0) is 11.3 Å². The monoisotopic (exact) mass is 509 g/mol. The van der Waals surface area contributed by atoms with Crippen molar-refractivity contribution in [2.24, 2.45) is 11.3 Å². The van der Waals surface area contributed by atoms with Gasteiger partial charge in [0.2, 0.25) is 0 Å². The molecule has 1 aliphatic carbocycles. The first-order valence-corrected chi connectivity index (χ1v) is 12.9. The Morgan fingerprint density at radius 3 is 2.14 bits per heavy atom. The summed E-state index contributed by atoms with van der Waals surface area (Å²) in [7, 11) is 1.61. The van der Waals surface area contributed by atoms with E-state index in [4.69, 9.17) is 9.84 Å². The van der Waals surface area contributed by atoms with Crippen molar-refractivity contribution in [3.8, 4) is 5.75 Å². The number of hydrogen-bond acceptors (Lipinski definition) is 4. The number of hydrogen-bond donors (Lipinski definition) is 3. The minimum Gasteiger partial charge on any atom is -0.497 e. The number of anilines is 1. The molecular weight excluding hydrogens is 470 g/mol. The average Bonchev–Trinajstić information content (AvgIpc) is 2.87. The van der Waals surface area contributed by atoms with Crippen molar-refractivity contribution in [3.05, 3.63) is 59.7 Å². The van der Waals surface area contributed by atoms with Crippen molar-refractivity contribution in [1.29, 1.82) is 0 Å². The summed E-state index contributed by atoms with van der Waals surface area (Å²) >= 11 is 0. The van der Waals surface area contributed by atoms with Crippen molar-refractivity contribution >= 4 is 23.6 Å². The summed E-state index contributed by atoms with van der Waals surface area (Å²) in [6.45, 7) is 7.35. The number of amides is 3. The maximum Gasteiger partial charge on any atom is 0.322 e. The molecule has 37 heavy (non-hydrogen) atoms. The highest BCUT2D eigenvalue weighted by Gasteiger charge is 2.33. The lowest BCUT2D eigenvalue weighted by Gasteiger charge is -2.41. The quantitative estimate of drug-likeness (QED) is 0.411.